The second-order valence-electron chi connectivity index (χ2n) is 3.93. The lowest BCUT2D eigenvalue weighted by molar-refractivity contribution is 0.0140. The van der Waals surface area contributed by atoms with Crippen LogP contribution in [0.5, 0.6) is 0 Å². The molecule has 0 heterocycles. The normalized spacial score (nSPS) is 12.4. The highest BCUT2D eigenvalue weighted by Crippen LogP contribution is 2.07. The molecule has 1 atom stereocenters. The summed E-state index contributed by atoms with van der Waals surface area (Å²) in [6.07, 6.45) is 0.157. The second-order valence-corrected chi connectivity index (χ2v) is 3.93. The van der Waals surface area contributed by atoms with Crippen LogP contribution < -0.4 is 5.32 Å². The van der Waals surface area contributed by atoms with Gasteiger partial charge in [-0.1, -0.05) is 17.7 Å². The van der Waals surface area contributed by atoms with E-state index >= 15 is 0 Å². The van der Waals surface area contributed by atoms with E-state index in [0.29, 0.717) is 13.2 Å². The quantitative estimate of drug-likeness (QED) is 0.720. The molecule has 0 aliphatic carbocycles. The lowest BCUT2D eigenvalue weighted by Crippen LogP contribution is -2.19. The van der Waals surface area contributed by atoms with Crippen LogP contribution in [-0.2, 0) is 9.47 Å². The summed E-state index contributed by atoms with van der Waals surface area (Å²) in [7, 11) is 1.68. The van der Waals surface area contributed by atoms with E-state index in [4.69, 9.17) is 9.47 Å². The van der Waals surface area contributed by atoms with E-state index in [2.05, 4.69) is 36.5 Å². The Labute approximate surface area is 97.8 Å². The maximum Gasteiger partial charge on any atom is 0.0781 e. The summed E-state index contributed by atoms with van der Waals surface area (Å²) in [5.74, 6) is 0. The number of aryl methyl sites for hydroxylation is 1. The zero-order valence-electron chi connectivity index (χ0n) is 10.3. The molecule has 0 saturated heterocycles. The highest BCUT2D eigenvalue weighted by Gasteiger charge is 1.99. The molecule has 0 aromatic heterocycles. The van der Waals surface area contributed by atoms with Gasteiger partial charge < -0.3 is 14.8 Å². The number of nitrogens with one attached hydrogen (secondary N) is 1. The van der Waals surface area contributed by atoms with Gasteiger partial charge in [0.05, 0.1) is 19.3 Å². The van der Waals surface area contributed by atoms with Crippen molar-refractivity contribution >= 4 is 5.69 Å². The van der Waals surface area contributed by atoms with Gasteiger partial charge in [-0.05, 0) is 26.0 Å². The van der Waals surface area contributed by atoms with Gasteiger partial charge >= 0.3 is 0 Å². The Hall–Kier alpha value is -1.06. The van der Waals surface area contributed by atoms with Gasteiger partial charge in [0, 0.05) is 19.3 Å². The molecule has 0 aliphatic rings. The molecule has 3 heteroatoms. The Bertz CT molecular complexity index is 284. The standard InChI is InChI=1S/C13H21NO2/c1-11-4-6-13(7-5-11)14-8-9-16-12(2)10-15-3/h4-7,12,14H,8-10H2,1-3H3. The zero-order chi connectivity index (χ0) is 11.8. The number of ether oxygens (including phenoxy) is 2. The van der Waals surface area contributed by atoms with Crippen LogP contribution in [-0.4, -0.2) is 33.0 Å². The fraction of sp³-hybridized carbons (Fsp3) is 0.538. The van der Waals surface area contributed by atoms with Crippen LogP contribution in [0.25, 0.3) is 0 Å². The maximum atomic E-state index is 5.54. The molecule has 0 saturated carbocycles. The molecule has 90 valence electrons. The summed E-state index contributed by atoms with van der Waals surface area (Å²) >= 11 is 0. The number of methoxy groups -OCH3 is 1. The molecule has 1 N–H and O–H groups in total. The van der Waals surface area contributed by atoms with Gasteiger partial charge in [-0.3, -0.25) is 0 Å². The highest BCUT2D eigenvalue weighted by atomic mass is 16.5. The maximum absolute atomic E-state index is 5.54. The molecule has 1 aromatic carbocycles. The first kappa shape index (κ1) is 13.0. The van der Waals surface area contributed by atoms with E-state index < -0.39 is 0 Å². The molecule has 16 heavy (non-hydrogen) atoms. The number of rotatable bonds is 7. The third-order valence-corrected chi connectivity index (χ3v) is 2.29. The van der Waals surface area contributed by atoms with Gasteiger partial charge in [0.15, 0.2) is 0 Å². The predicted molar refractivity (Wildman–Crippen MR) is 67.0 cm³/mol. The third-order valence-electron chi connectivity index (χ3n) is 2.29. The molecule has 1 aromatic rings. The van der Waals surface area contributed by atoms with E-state index in [-0.39, 0.29) is 6.10 Å². The van der Waals surface area contributed by atoms with Crippen molar-refractivity contribution < 1.29 is 9.47 Å². The second kappa shape index (κ2) is 7.25. The Balaban J connectivity index is 2.13. The Morgan fingerprint density at radius 1 is 1.25 bits per heavy atom. The smallest absolute Gasteiger partial charge is 0.0781 e. The van der Waals surface area contributed by atoms with Crippen molar-refractivity contribution in [1.29, 1.82) is 0 Å². The first-order valence-corrected chi connectivity index (χ1v) is 5.63. The van der Waals surface area contributed by atoms with Crippen molar-refractivity contribution in [3.05, 3.63) is 29.8 Å². The van der Waals surface area contributed by atoms with Crippen LogP contribution in [0.3, 0.4) is 0 Å². The lowest BCUT2D eigenvalue weighted by atomic mass is 10.2. The Morgan fingerprint density at radius 3 is 2.56 bits per heavy atom. The fourth-order valence-electron chi connectivity index (χ4n) is 1.41. The molecule has 3 nitrogen and oxygen atoms in total. The van der Waals surface area contributed by atoms with Gasteiger partial charge in [0.1, 0.15) is 0 Å². The topological polar surface area (TPSA) is 30.5 Å². The van der Waals surface area contributed by atoms with Crippen molar-refractivity contribution in [1.82, 2.24) is 0 Å². The van der Waals surface area contributed by atoms with E-state index in [1.165, 1.54) is 5.56 Å². The van der Waals surface area contributed by atoms with Crippen molar-refractivity contribution in [2.45, 2.75) is 20.0 Å². The highest BCUT2D eigenvalue weighted by molar-refractivity contribution is 5.44. The largest absolute Gasteiger partial charge is 0.383 e. The third kappa shape index (κ3) is 5.14. The average molecular weight is 223 g/mol. The predicted octanol–water partition coefficient (Wildman–Crippen LogP) is 2.46. The summed E-state index contributed by atoms with van der Waals surface area (Å²) < 4.78 is 10.5. The molecular weight excluding hydrogens is 202 g/mol. The van der Waals surface area contributed by atoms with E-state index in [9.17, 15) is 0 Å². The Kier molecular flexibility index (Phi) is 5.90. The number of hydrogen-bond donors (Lipinski definition) is 1. The van der Waals surface area contributed by atoms with Crippen LogP contribution in [0.4, 0.5) is 5.69 Å². The van der Waals surface area contributed by atoms with Gasteiger partial charge in [-0.15, -0.1) is 0 Å². The van der Waals surface area contributed by atoms with E-state index in [1.807, 2.05) is 6.92 Å². The molecule has 0 amide bonds. The molecule has 1 unspecified atom stereocenters. The lowest BCUT2D eigenvalue weighted by Gasteiger charge is -2.12. The number of benzene rings is 1. The molecule has 0 bridgehead atoms. The minimum absolute atomic E-state index is 0.157. The fourth-order valence-corrected chi connectivity index (χ4v) is 1.41. The summed E-state index contributed by atoms with van der Waals surface area (Å²) in [5.41, 5.74) is 2.41. The van der Waals surface area contributed by atoms with E-state index in [1.54, 1.807) is 7.11 Å². The van der Waals surface area contributed by atoms with Crippen LogP contribution >= 0.6 is 0 Å². The molecule has 0 radical (unpaired) electrons. The minimum Gasteiger partial charge on any atom is -0.383 e. The Morgan fingerprint density at radius 2 is 1.94 bits per heavy atom. The van der Waals surface area contributed by atoms with Crippen LogP contribution in [0.2, 0.25) is 0 Å². The number of hydrogen-bond acceptors (Lipinski definition) is 3. The molecule has 1 rings (SSSR count). The van der Waals surface area contributed by atoms with Crippen molar-refractivity contribution in [3.8, 4) is 0 Å². The molecule has 0 fully saturated rings. The first-order chi connectivity index (χ1) is 7.72. The summed E-state index contributed by atoms with van der Waals surface area (Å²) in [5, 5.41) is 3.30. The van der Waals surface area contributed by atoms with Crippen LogP contribution in [0.15, 0.2) is 24.3 Å². The van der Waals surface area contributed by atoms with Gasteiger partial charge in [0.2, 0.25) is 0 Å². The number of anilines is 1. The first-order valence-electron chi connectivity index (χ1n) is 5.63. The summed E-state index contributed by atoms with van der Waals surface area (Å²) in [4.78, 5) is 0. The van der Waals surface area contributed by atoms with Crippen molar-refractivity contribution in [2.75, 3.05) is 32.2 Å². The van der Waals surface area contributed by atoms with Crippen LogP contribution in [0, 0.1) is 6.92 Å². The van der Waals surface area contributed by atoms with Gasteiger partial charge in [-0.25, -0.2) is 0 Å². The molecule has 0 aliphatic heterocycles. The van der Waals surface area contributed by atoms with E-state index in [0.717, 1.165) is 12.2 Å². The van der Waals surface area contributed by atoms with Crippen LogP contribution in [0.1, 0.15) is 12.5 Å². The zero-order valence-corrected chi connectivity index (χ0v) is 10.3. The summed E-state index contributed by atoms with van der Waals surface area (Å²) in [6, 6.07) is 8.34. The molecule has 0 spiro atoms. The van der Waals surface area contributed by atoms with Crippen molar-refractivity contribution in [2.24, 2.45) is 0 Å². The van der Waals surface area contributed by atoms with Gasteiger partial charge in [-0.2, -0.15) is 0 Å². The van der Waals surface area contributed by atoms with Gasteiger partial charge in [0.25, 0.3) is 0 Å². The SMILES string of the molecule is COCC(C)OCCNc1ccc(C)cc1. The minimum atomic E-state index is 0.157. The summed E-state index contributed by atoms with van der Waals surface area (Å²) in [6.45, 7) is 6.24. The van der Waals surface area contributed by atoms with Crippen molar-refractivity contribution in [3.63, 3.8) is 0 Å². The molecular formula is C13H21NO2. The average Bonchev–Trinajstić information content (AvgIpc) is 2.27. The monoisotopic (exact) mass is 223 g/mol.